The van der Waals surface area contributed by atoms with Gasteiger partial charge in [-0.15, -0.1) is 0 Å². The molecule has 4 nitrogen and oxygen atoms in total. The highest BCUT2D eigenvalue weighted by molar-refractivity contribution is 5.69. The first-order valence-corrected chi connectivity index (χ1v) is 16.0. The molecule has 0 aliphatic carbocycles. The van der Waals surface area contributed by atoms with Crippen LogP contribution in [0.4, 0.5) is 0 Å². The van der Waals surface area contributed by atoms with E-state index in [0.29, 0.717) is 26.1 Å². The highest BCUT2D eigenvalue weighted by Crippen LogP contribution is 2.12. The molecular weight excluding hydrogens is 448 g/mol. The van der Waals surface area contributed by atoms with Crippen LogP contribution < -0.4 is 0 Å². The van der Waals surface area contributed by atoms with Gasteiger partial charge in [0, 0.05) is 12.8 Å². The molecule has 0 saturated carbocycles. The molecular formula is C32H62O4. The zero-order chi connectivity index (χ0) is 26.4. The Morgan fingerprint density at radius 3 is 0.917 bits per heavy atom. The second-order valence-corrected chi connectivity index (χ2v) is 10.7. The van der Waals surface area contributed by atoms with Crippen molar-refractivity contribution in [2.45, 2.75) is 181 Å². The summed E-state index contributed by atoms with van der Waals surface area (Å²) in [4.78, 5) is 23.6. The van der Waals surface area contributed by atoms with Gasteiger partial charge in [0.25, 0.3) is 0 Å². The van der Waals surface area contributed by atoms with Crippen LogP contribution in [0.2, 0.25) is 0 Å². The first kappa shape index (κ1) is 34.9. The van der Waals surface area contributed by atoms with E-state index in [0.717, 1.165) is 51.4 Å². The maximum atomic E-state index is 11.8. The van der Waals surface area contributed by atoms with Crippen LogP contribution in [0.15, 0.2) is 0 Å². The number of hydrogen-bond acceptors (Lipinski definition) is 4. The van der Waals surface area contributed by atoms with Gasteiger partial charge in [-0.1, -0.05) is 142 Å². The molecule has 0 aromatic rings. The fourth-order valence-corrected chi connectivity index (χ4v) is 4.59. The van der Waals surface area contributed by atoms with Crippen molar-refractivity contribution in [3.05, 3.63) is 0 Å². The first-order valence-electron chi connectivity index (χ1n) is 16.0. The number of rotatable bonds is 29. The van der Waals surface area contributed by atoms with Gasteiger partial charge in [0.2, 0.25) is 0 Å². The molecule has 0 aromatic heterocycles. The van der Waals surface area contributed by atoms with Crippen molar-refractivity contribution in [3.8, 4) is 0 Å². The molecule has 0 unspecified atom stereocenters. The predicted molar refractivity (Wildman–Crippen MR) is 153 cm³/mol. The van der Waals surface area contributed by atoms with Gasteiger partial charge < -0.3 is 9.47 Å². The SMILES string of the molecule is CCCCCCCCCCC(=O)OCCCCCCCCCCOC(=O)CCCCCCCCCC. The number of hydrogen-bond donors (Lipinski definition) is 0. The van der Waals surface area contributed by atoms with Crippen molar-refractivity contribution < 1.29 is 19.1 Å². The summed E-state index contributed by atoms with van der Waals surface area (Å²) >= 11 is 0. The highest BCUT2D eigenvalue weighted by Gasteiger charge is 2.04. The van der Waals surface area contributed by atoms with Crippen LogP contribution in [-0.4, -0.2) is 25.2 Å². The van der Waals surface area contributed by atoms with Gasteiger partial charge in [-0.2, -0.15) is 0 Å². The monoisotopic (exact) mass is 510 g/mol. The smallest absolute Gasteiger partial charge is 0.305 e. The van der Waals surface area contributed by atoms with E-state index in [1.54, 1.807) is 0 Å². The lowest BCUT2D eigenvalue weighted by molar-refractivity contribution is -0.144. The third-order valence-electron chi connectivity index (χ3n) is 7.03. The molecule has 0 saturated heterocycles. The van der Waals surface area contributed by atoms with E-state index < -0.39 is 0 Å². The lowest BCUT2D eigenvalue weighted by Crippen LogP contribution is -2.05. The largest absolute Gasteiger partial charge is 0.466 e. The van der Waals surface area contributed by atoms with Gasteiger partial charge in [-0.05, 0) is 25.7 Å². The Balaban J connectivity index is 3.22. The number of ether oxygens (including phenoxy) is 2. The molecule has 4 heteroatoms. The molecule has 0 atom stereocenters. The van der Waals surface area contributed by atoms with Crippen LogP contribution in [0.3, 0.4) is 0 Å². The zero-order valence-corrected chi connectivity index (χ0v) is 24.4. The Labute approximate surface area is 225 Å². The average molecular weight is 511 g/mol. The van der Waals surface area contributed by atoms with Gasteiger partial charge in [-0.25, -0.2) is 0 Å². The molecule has 0 aromatic carbocycles. The van der Waals surface area contributed by atoms with Crippen molar-refractivity contribution in [1.29, 1.82) is 0 Å². The molecule has 0 amide bonds. The minimum Gasteiger partial charge on any atom is -0.466 e. The van der Waals surface area contributed by atoms with Crippen LogP contribution in [0.1, 0.15) is 181 Å². The van der Waals surface area contributed by atoms with E-state index in [1.807, 2.05) is 0 Å². The maximum Gasteiger partial charge on any atom is 0.305 e. The van der Waals surface area contributed by atoms with Gasteiger partial charge in [0.15, 0.2) is 0 Å². The summed E-state index contributed by atoms with van der Waals surface area (Å²) < 4.78 is 10.7. The highest BCUT2D eigenvalue weighted by atomic mass is 16.5. The molecule has 0 aliphatic rings. The van der Waals surface area contributed by atoms with Crippen LogP contribution in [0.25, 0.3) is 0 Å². The number of unbranched alkanes of at least 4 members (excludes halogenated alkanes) is 21. The van der Waals surface area contributed by atoms with Crippen molar-refractivity contribution in [3.63, 3.8) is 0 Å². The maximum absolute atomic E-state index is 11.8. The third-order valence-corrected chi connectivity index (χ3v) is 7.03. The lowest BCUT2D eigenvalue weighted by atomic mass is 10.1. The molecule has 0 heterocycles. The van der Waals surface area contributed by atoms with Crippen LogP contribution in [0.5, 0.6) is 0 Å². The molecule has 0 N–H and O–H groups in total. The van der Waals surface area contributed by atoms with E-state index in [4.69, 9.17) is 9.47 Å². The second kappa shape index (κ2) is 30.2. The van der Waals surface area contributed by atoms with Gasteiger partial charge >= 0.3 is 11.9 Å². The lowest BCUT2D eigenvalue weighted by Gasteiger charge is -2.06. The Bertz CT molecular complexity index is 421. The van der Waals surface area contributed by atoms with E-state index in [-0.39, 0.29) is 11.9 Å². The van der Waals surface area contributed by atoms with Crippen LogP contribution in [0, 0.1) is 0 Å². The minimum absolute atomic E-state index is 0.0144. The quantitative estimate of drug-likeness (QED) is 0.0741. The summed E-state index contributed by atoms with van der Waals surface area (Å²) in [5.41, 5.74) is 0. The van der Waals surface area contributed by atoms with Crippen molar-refractivity contribution in [2.24, 2.45) is 0 Å². The van der Waals surface area contributed by atoms with Crippen molar-refractivity contribution in [2.75, 3.05) is 13.2 Å². The average Bonchev–Trinajstić information content (AvgIpc) is 2.87. The number of carbonyl (C=O) groups is 2. The third kappa shape index (κ3) is 29.2. The van der Waals surface area contributed by atoms with Gasteiger partial charge in [-0.3, -0.25) is 9.59 Å². The van der Waals surface area contributed by atoms with Crippen molar-refractivity contribution in [1.82, 2.24) is 0 Å². The summed E-state index contributed by atoms with van der Waals surface area (Å²) in [6, 6.07) is 0. The summed E-state index contributed by atoms with van der Waals surface area (Å²) in [6.45, 7) is 5.66. The summed E-state index contributed by atoms with van der Waals surface area (Å²) in [5, 5.41) is 0. The Hall–Kier alpha value is -1.06. The fourth-order valence-electron chi connectivity index (χ4n) is 4.59. The Morgan fingerprint density at radius 2 is 0.611 bits per heavy atom. The standard InChI is InChI=1S/C32H62O4/c1-3-5-7-9-11-15-19-23-27-31(33)35-29-25-21-17-13-14-18-22-26-30-36-32(34)28-24-20-16-12-10-8-6-4-2/h3-30H2,1-2H3. The van der Waals surface area contributed by atoms with E-state index in [2.05, 4.69) is 13.8 Å². The Kier molecular flexibility index (Phi) is 29.3. The van der Waals surface area contributed by atoms with Crippen LogP contribution >= 0.6 is 0 Å². The van der Waals surface area contributed by atoms with E-state index in [1.165, 1.54) is 103 Å². The molecule has 0 fully saturated rings. The van der Waals surface area contributed by atoms with Gasteiger partial charge in [0.05, 0.1) is 13.2 Å². The summed E-state index contributed by atoms with van der Waals surface area (Å²) in [7, 11) is 0. The molecule has 36 heavy (non-hydrogen) atoms. The molecule has 214 valence electrons. The molecule has 0 bridgehead atoms. The van der Waals surface area contributed by atoms with Crippen molar-refractivity contribution >= 4 is 11.9 Å². The first-order chi connectivity index (χ1) is 17.7. The van der Waals surface area contributed by atoms with Crippen LogP contribution in [-0.2, 0) is 19.1 Å². The zero-order valence-electron chi connectivity index (χ0n) is 24.4. The molecule has 0 radical (unpaired) electrons. The van der Waals surface area contributed by atoms with E-state index in [9.17, 15) is 9.59 Å². The predicted octanol–water partition coefficient (Wildman–Crippen LogP) is 10.3. The fraction of sp³-hybridized carbons (Fsp3) is 0.938. The normalized spacial score (nSPS) is 11.1. The molecule has 0 aliphatic heterocycles. The number of esters is 2. The second-order valence-electron chi connectivity index (χ2n) is 10.7. The Morgan fingerprint density at radius 1 is 0.361 bits per heavy atom. The summed E-state index contributed by atoms with van der Waals surface area (Å²) in [6.07, 6.45) is 30.4. The van der Waals surface area contributed by atoms with Gasteiger partial charge in [0.1, 0.15) is 0 Å². The topological polar surface area (TPSA) is 52.6 Å². The number of carbonyl (C=O) groups excluding carboxylic acids is 2. The van der Waals surface area contributed by atoms with E-state index >= 15 is 0 Å². The minimum atomic E-state index is -0.0144. The molecule has 0 rings (SSSR count). The molecule has 0 spiro atoms. The summed E-state index contributed by atoms with van der Waals surface area (Å²) in [5.74, 6) is -0.0287.